The van der Waals surface area contributed by atoms with E-state index in [1.54, 1.807) is 38.0 Å². The molecule has 8 nitrogen and oxygen atoms in total. The van der Waals surface area contributed by atoms with Crippen molar-refractivity contribution < 1.29 is 13.3 Å². The van der Waals surface area contributed by atoms with Gasteiger partial charge in [0, 0.05) is 43.5 Å². The molecular formula is C14H18N4O4S. The summed E-state index contributed by atoms with van der Waals surface area (Å²) in [7, 11) is -2.00. The molecule has 0 unspecified atom stereocenters. The largest absolute Gasteiger partial charge is 0.275 e. The van der Waals surface area contributed by atoms with E-state index in [-0.39, 0.29) is 23.2 Å². The van der Waals surface area contributed by atoms with E-state index in [1.807, 2.05) is 0 Å². The van der Waals surface area contributed by atoms with E-state index in [4.69, 9.17) is 0 Å². The van der Waals surface area contributed by atoms with Gasteiger partial charge in [-0.05, 0) is 26.0 Å². The highest BCUT2D eigenvalue weighted by Gasteiger charge is 2.28. The quantitative estimate of drug-likeness (QED) is 0.592. The van der Waals surface area contributed by atoms with Crippen molar-refractivity contribution in [2.75, 3.05) is 0 Å². The summed E-state index contributed by atoms with van der Waals surface area (Å²) >= 11 is 0. The summed E-state index contributed by atoms with van der Waals surface area (Å²) in [5, 5.41) is 14.7. The van der Waals surface area contributed by atoms with Crippen molar-refractivity contribution in [3.8, 4) is 0 Å². The average molecular weight is 338 g/mol. The van der Waals surface area contributed by atoms with Crippen LogP contribution < -0.4 is 0 Å². The summed E-state index contributed by atoms with van der Waals surface area (Å²) in [5.41, 5.74) is 0.624. The molecule has 2 aromatic rings. The summed E-state index contributed by atoms with van der Waals surface area (Å²) in [6.07, 6.45) is 3.36. The van der Waals surface area contributed by atoms with Crippen molar-refractivity contribution in [2.45, 2.75) is 31.3 Å². The van der Waals surface area contributed by atoms with Gasteiger partial charge in [-0.1, -0.05) is 0 Å². The number of aryl methyl sites for hydroxylation is 1. The van der Waals surface area contributed by atoms with Crippen LogP contribution in [0.4, 0.5) is 5.69 Å². The lowest BCUT2D eigenvalue weighted by Crippen LogP contribution is -2.36. The van der Waals surface area contributed by atoms with E-state index in [2.05, 4.69) is 5.10 Å². The molecule has 0 spiro atoms. The van der Waals surface area contributed by atoms with E-state index >= 15 is 0 Å². The third-order valence-corrected chi connectivity index (χ3v) is 5.36. The van der Waals surface area contributed by atoms with E-state index in [9.17, 15) is 18.5 Å². The number of nitro groups is 1. The number of hydrogen-bond acceptors (Lipinski definition) is 5. The first-order valence-electron chi connectivity index (χ1n) is 6.95. The maximum Gasteiger partial charge on any atom is 0.269 e. The summed E-state index contributed by atoms with van der Waals surface area (Å²) in [6, 6.07) is 4.62. The van der Waals surface area contributed by atoms with Crippen LogP contribution in [0, 0.1) is 10.1 Å². The van der Waals surface area contributed by atoms with Crippen LogP contribution in [-0.4, -0.2) is 33.5 Å². The van der Waals surface area contributed by atoms with Gasteiger partial charge in [0.2, 0.25) is 10.0 Å². The maximum absolute atomic E-state index is 12.8. The molecule has 0 aliphatic rings. The molecule has 0 saturated heterocycles. The molecule has 0 atom stereocenters. The minimum absolute atomic E-state index is 0.0284. The van der Waals surface area contributed by atoms with Crippen LogP contribution in [0.3, 0.4) is 0 Å². The van der Waals surface area contributed by atoms with Crippen molar-refractivity contribution >= 4 is 15.7 Å². The van der Waals surface area contributed by atoms with Crippen LogP contribution >= 0.6 is 0 Å². The predicted octanol–water partition coefficient (Wildman–Crippen LogP) is 1.93. The lowest BCUT2D eigenvalue weighted by Gasteiger charge is -2.25. The fourth-order valence-corrected chi connectivity index (χ4v) is 3.78. The number of non-ortho nitro benzene ring substituents is 1. The fourth-order valence-electron chi connectivity index (χ4n) is 2.15. The van der Waals surface area contributed by atoms with Gasteiger partial charge in [-0.3, -0.25) is 14.8 Å². The van der Waals surface area contributed by atoms with Crippen LogP contribution in [0.25, 0.3) is 0 Å². The average Bonchev–Trinajstić information content (AvgIpc) is 2.89. The summed E-state index contributed by atoms with van der Waals surface area (Å²) in [4.78, 5) is 10.1. The van der Waals surface area contributed by atoms with Gasteiger partial charge in [0.15, 0.2) is 0 Å². The predicted molar refractivity (Wildman–Crippen MR) is 84.2 cm³/mol. The number of nitrogens with zero attached hydrogens (tertiary/aromatic N) is 4. The van der Waals surface area contributed by atoms with Gasteiger partial charge in [0.05, 0.1) is 16.0 Å². The molecule has 1 heterocycles. The Balaban J connectivity index is 2.34. The van der Waals surface area contributed by atoms with Crippen molar-refractivity contribution in [2.24, 2.45) is 7.05 Å². The van der Waals surface area contributed by atoms with Gasteiger partial charge in [0.1, 0.15) is 0 Å². The highest BCUT2D eigenvalue weighted by molar-refractivity contribution is 7.89. The molecule has 0 N–H and O–H groups in total. The molecule has 9 heteroatoms. The molecule has 0 amide bonds. The molecule has 0 saturated carbocycles. The Bertz CT molecular complexity index is 796. The topological polar surface area (TPSA) is 98.3 Å². The molecule has 0 fully saturated rings. The molecule has 124 valence electrons. The Hall–Kier alpha value is -2.26. The zero-order valence-electron chi connectivity index (χ0n) is 13.1. The van der Waals surface area contributed by atoms with E-state index in [1.165, 1.54) is 28.6 Å². The van der Waals surface area contributed by atoms with Gasteiger partial charge >= 0.3 is 0 Å². The van der Waals surface area contributed by atoms with Gasteiger partial charge in [-0.15, -0.1) is 0 Å². The Morgan fingerprint density at radius 2 is 1.91 bits per heavy atom. The SMILES string of the molecule is CC(C)N(Cc1cnn(C)c1)S(=O)(=O)c1ccc([N+](=O)[O-])cc1. The van der Waals surface area contributed by atoms with Gasteiger partial charge in [-0.25, -0.2) is 8.42 Å². The number of aromatic nitrogens is 2. The zero-order chi connectivity index (χ0) is 17.2. The first-order chi connectivity index (χ1) is 10.7. The molecule has 2 rings (SSSR count). The maximum atomic E-state index is 12.8. The van der Waals surface area contributed by atoms with Crippen molar-refractivity contribution in [3.63, 3.8) is 0 Å². The van der Waals surface area contributed by atoms with E-state index < -0.39 is 14.9 Å². The normalized spacial score (nSPS) is 12.0. The van der Waals surface area contributed by atoms with Crippen LogP contribution in [0.5, 0.6) is 0 Å². The second kappa shape index (κ2) is 6.47. The van der Waals surface area contributed by atoms with Crippen molar-refractivity contribution in [3.05, 3.63) is 52.3 Å². The number of hydrogen-bond donors (Lipinski definition) is 0. The summed E-state index contributed by atoms with van der Waals surface area (Å²) in [6.45, 7) is 3.74. The first kappa shape index (κ1) is 17.1. The highest BCUT2D eigenvalue weighted by atomic mass is 32.2. The smallest absolute Gasteiger partial charge is 0.269 e. The fraction of sp³-hybridized carbons (Fsp3) is 0.357. The number of nitro benzene ring substituents is 1. The monoisotopic (exact) mass is 338 g/mol. The summed E-state index contributed by atoms with van der Waals surface area (Å²) < 4.78 is 28.5. The summed E-state index contributed by atoms with van der Waals surface area (Å²) in [5.74, 6) is 0. The van der Waals surface area contributed by atoms with Crippen molar-refractivity contribution in [1.29, 1.82) is 0 Å². The Morgan fingerprint density at radius 1 is 1.30 bits per heavy atom. The molecular weight excluding hydrogens is 320 g/mol. The lowest BCUT2D eigenvalue weighted by molar-refractivity contribution is -0.384. The first-order valence-corrected chi connectivity index (χ1v) is 8.39. The molecule has 23 heavy (non-hydrogen) atoms. The number of rotatable bonds is 6. The zero-order valence-corrected chi connectivity index (χ0v) is 13.9. The highest BCUT2D eigenvalue weighted by Crippen LogP contribution is 2.23. The minimum Gasteiger partial charge on any atom is -0.275 e. The third-order valence-electron chi connectivity index (χ3n) is 3.33. The van der Waals surface area contributed by atoms with E-state index in [0.29, 0.717) is 0 Å². The van der Waals surface area contributed by atoms with Gasteiger partial charge < -0.3 is 0 Å². The van der Waals surface area contributed by atoms with E-state index in [0.717, 1.165) is 5.56 Å². The minimum atomic E-state index is -3.76. The second-order valence-corrected chi connectivity index (χ2v) is 7.31. The Morgan fingerprint density at radius 3 is 2.35 bits per heavy atom. The third kappa shape index (κ3) is 3.74. The molecule has 1 aromatic heterocycles. The standard InChI is InChI=1S/C14H18N4O4S/c1-11(2)17(10-12-8-15-16(3)9-12)23(21,22)14-6-4-13(5-7-14)18(19)20/h4-9,11H,10H2,1-3H3. The Labute approximate surface area is 134 Å². The van der Waals surface area contributed by atoms with Crippen LogP contribution in [0.1, 0.15) is 19.4 Å². The Kier molecular flexibility index (Phi) is 4.81. The second-order valence-electron chi connectivity index (χ2n) is 5.42. The molecule has 0 aliphatic carbocycles. The van der Waals surface area contributed by atoms with Gasteiger partial charge in [0.25, 0.3) is 5.69 Å². The van der Waals surface area contributed by atoms with Crippen LogP contribution in [0.15, 0.2) is 41.6 Å². The lowest BCUT2D eigenvalue weighted by atomic mass is 10.3. The van der Waals surface area contributed by atoms with Crippen LogP contribution in [-0.2, 0) is 23.6 Å². The number of benzene rings is 1. The molecule has 1 aromatic carbocycles. The van der Waals surface area contributed by atoms with Crippen molar-refractivity contribution in [1.82, 2.24) is 14.1 Å². The van der Waals surface area contributed by atoms with Gasteiger partial charge in [-0.2, -0.15) is 9.40 Å². The number of sulfonamides is 1. The molecule has 0 radical (unpaired) electrons. The molecule has 0 bridgehead atoms. The molecule has 0 aliphatic heterocycles. The van der Waals surface area contributed by atoms with Crippen LogP contribution in [0.2, 0.25) is 0 Å².